The third kappa shape index (κ3) is 6.13. The van der Waals surface area contributed by atoms with E-state index in [1.807, 2.05) is 30.3 Å². The molecule has 0 saturated carbocycles. The predicted octanol–water partition coefficient (Wildman–Crippen LogP) is 1.66. The van der Waals surface area contributed by atoms with Gasteiger partial charge in [0.25, 0.3) is 0 Å². The number of nitrogens with zero attached hydrogens (tertiary/aromatic N) is 1. The van der Waals surface area contributed by atoms with E-state index in [0.29, 0.717) is 0 Å². The van der Waals surface area contributed by atoms with Gasteiger partial charge in [0.05, 0.1) is 25.9 Å². The summed E-state index contributed by atoms with van der Waals surface area (Å²) in [5.74, 6) is 0. The summed E-state index contributed by atoms with van der Waals surface area (Å²) in [6.45, 7) is 8.32. The Morgan fingerprint density at radius 2 is 1.90 bits per heavy atom. The topological polar surface area (TPSA) is 109 Å². The van der Waals surface area contributed by atoms with Gasteiger partial charge >= 0.3 is 6.09 Å². The molecule has 1 aromatic rings. The van der Waals surface area contributed by atoms with E-state index in [4.69, 9.17) is 14.2 Å². The molecule has 1 heterocycles. The number of carbonyl (C=O) groups is 1. The average molecular weight is 411 g/mol. The van der Waals surface area contributed by atoms with Gasteiger partial charge in [0.2, 0.25) is 0 Å². The first-order valence-corrected chi connectivity index (χ1v) is 9.75. The number of aliphatic hydroxyl groups excluding tert-OH is 3. The number of amides is 1. The van der Waals surface area contributed by atoms with E-state index in [-0.39, 0.29) is 13.2 Å². The summed E-state index contributed by atoms with van der Waals surface area (Å²) in [6, 6.07) is 8.62. The van der Waals surface area contributed by atoms with Crippen LogP contribution < -0.4 is 0 Å². The van der Waals surface area contributed by atoms with Crippen molar-refractivity contribution in [1.29, 1.82) is 0 Å². The van der Waals surface area contributed by atoms with Gasteiger partial charge in [-0.1, -0.05) is 30.3 Å². The Balaban J connectivity index is 2.29. The van der Waals surface area contributed by atoms with E-state index in [1.54, 1.807) is 34.6 Å². The van der Waals surface area contributed by atoms with Crippen LogP contribution in [0.25, 0.3) is 0 Å². The Kier molecular flexibility index (Phi) is 7.64. The Morgan fingerprint density at radius 3 is 2.45 bits per heavy atom. The van der Waals surface area contributed by atoms with Gasteiger partial charge in [-0.25, -0.2) is 4.79 Å². The Hall–Kier alpha value is -1.71. The molecular formula is C21H33NO7. The maximum Gasteiger partial charge on any atom is 0.412 e. The second-order valence-electron chi connectivity index (χ2n) is 8.68. The molecule has 4 atom stereocenters. The average Bonchev–Trinajstić information content (AvgIpc) is 2.95. The number of rotatable bonds is 7. The number of hydrogen-bond donors (Lipinski definition) is 3. The van der Waals surface area contributed by atoms with Gasteiger partial charge in [0.1, 0.15) is 29.6 Å². The molecule has 8 nitrogen and oxygen atoms in total. The molecule has 0 bridgehead atoms. The van der Waals surface area contributed by atoms with Crippen molar-refractivity contribution in [3.05, 3.63) is 35.9 Å². The highest BCUT2D eigenvalue weighted by Gasteiger charge is 2.51. The molecule has 0 aliphatic carbocycles. The van der Waals surface area contributed by atoms with Crippen LogP contribution in [-0.2, 0) is 20.8 Å². The highest BCUT2D eigenvalue weighted by Crippen LogP contribution is 2.33. The fourth-order valence-electron chi connectivity index (χ4n) is 3.27. The molecular weight excluding hydrogens is 378 g/mol. The molecule has 1 aromatic carbocycles. The molecule has 1 aliphatic rings. The van der Waals surface area contributed by atoms with Crippen molar-refractivity contribution in [3.63, 3.8) is 0 Å². The van der Waals surface area contributed by atoms with Crippen LogP contribution in [0.2, 0.25) is 0 Å². The lowest BCUT2D eigenvalue weighted by atomic mass is 10.00. The molecule has 0 radical (unpaired) electrons. The van der Waals surface area contributed by atoms with Crippen LogP contribution in [0.3, 0.4) is 0 Å². The fourth-order valence-corrected chi connectivity index (χ4v) is 3.27. The quantitative estimate of drug-likeness (QED) is 0.626. The number of ether oxygens (including phenoxy) is 3. The summed E-state index contributed by atoms with van der Waals surface area (Å²) in [4.78, 5) is 14.3. The van der Waals surface area contributed by atoms with Gasteiger partial charge in [-0.05, 0) is 40.2 Å². The standard InChI is InChI=1S/C21H33NO7/c1-20(2,3)29-19(26)22-15(13-28-21(22,4)5)18(17(25)16(24)11-23)27-12-14-9-7-6-8-10-14/h6-10,15-18,23-25H,11-13H2,1-5H3/t15-,16-,17+,18-/m0/s1. The first-order valence-electron chi connectivity index (χ1n) is 9.75. The molecule has 0 aromatic heterocycles. The van der Waals surface area contributed by atoms with Crippen LogP contribution in [-0.4, -0.2) is 75.2 Å². The molecule has 1 aliphatic heterocycles. The van der Waals surface area contributed by atoms with E-state index < -0.39 is 48.4 Å². The molecule has 1 amide bonds. The molecule has 3 N–H and O–H groups in total. The van der Waals surface area contributed by atoms with Crippen LogP contribution in [0, 0.1) is 0 Å². The molecule has 2 rings (SSSR count). The molecule has 8 heteroatoms. The van der Waals surface area contributed by atoms with E-state index in [1.165, 1.54) is 4.90 Å². The van der Waals surface area contributed by atoms with E-state index in [0.717, 1.165) is 5.56 Å². The molecule has 1 fully saturated rings. The molecule has 1 saturated heterocycles. The highest BCUT2D eigenvalue weighted by atomic mass is 16.6. The van der Waals surface area contributed by atoms with Crippen LogP contribution in [0.5, 0.6) is 0 Å². The van der Waals surface area contributed by atoms with Crippen LogP contribution in [0.4, 0.5) is 4.79 Å². The van der Waals surface area contributed by atoms with Gasteiger partial charge in [-0.2, -0.15) is 0 Å². The van der Waals surface area contributed by atoms with E-state index >= 15 is 0 Å². The summed E-state index contributed by atoms with van der Waals surface area (Å²) in [6.07, 6.45) is -4.48. The van der Waals surface area contributed by atoms with Crippen LogP contribution in [0.1, 0.15) is 40.2 Å². The Labute approximate surface area is 172 Å². The molecule has 29 heavy (non-hydrogen) atoms. The number of hydrogen-bond acceptors (Lipinski definition) is 7. The normalized spacial score (nSPS) is 22.2. The zero-order valence-electron chi connectivity index (χ0n) is 17.7. The predicted molar refractivity (Wildman–Crippen MR) is 106 cm³/mol. The Bertz CT molecular complexity index is 659. The smallest absolute Gasteiger partial charge is 0.412 e. The molecule has 0 unspecified atom stereocenters. The van der Waals surface area contributed by atoms with Crippen molar-refractivity contribution in [2.45, 2.75) is 76.9 Å². The lowest BCUT2D eigenvalue weighted by Crippen LogP contribution is -2.58. The maximum atomic E-state index is 12.9. The summed E-state index contributed by atoms with van der Waals surface area (Å²) in [5, 5.41) is 30.0. The highest BCUT2D eigenvalue weighted by molar-refractivity contribution is 5.70. The van der Waals surface area contributed by atoms with Gasteiger partial charge in [-0.15, -0.1) is 0 Å². The lowest BCUT2D eigenvalue weighted by Gasteiger charge is -2.39. The lowest BCUT2D eigenvalue weighted by molar-refractivity contribution is -0.133. The monoisotopic (exact) mass is 411 g/mol. The first-order chi connectivity index (χ1) is 13.5. The van der Waals surface area contributed by atoms with Crippen molar-refractivity contribution >= 4 is 6.09 Å². The van der Waals surface area contributed by atoms with Crippen molar-refractivity contribution in [2.24, 2.45) is 0 Å². The van der Waals surface area contributed by atoms with Crippen molar-refractivity contribution in [2.75, 3.05) is 13.2 Å². The molecule has 0 spiro atoms. The Morgan fingerprint density at radius 1 is 1.28 bits per heavy atom. The third-order valence-corrected chi connectivity index (χ3v) is 4.69. The third-order valence-electron chi connectivity index (χ3n) is 4.69. The van der Waals surface area contributed by atoms with E-state index in [2.05, 4.69) is 0 Å². The van der Waals surface area contributed by atoms with Crippen molar-refractivity contribution in [1.82, 2.24) is 4.90 Å². The van der Waals surface area contributed by atoms with Crippen molar-refractivity contribution < 1.29 is 34.3 Å². The zero-order valence-corrected chi connectivity index (χ0v) is 17.7. The molecule has 164 valence electrons. The second kappa shape index (κ2) is 9.40. The number of carbonyl (C=O) groups excluding carboxylic acids is 1. The number of benzene rings is 1. The van der Waals surface area contributed by atoms with Crippen LogP contribution in [0.15, 0.2) is 30.3 Å². The zero-order chi connectivity index (χ0) is 21.8. The minimum absolute atomic E-state index is 0.0842. The summed E-state index contributed by atoms with van der Waals surface area (Å²) in [7, 11) is 0. The van der Waals surface area contributed by atoms with Crippen molar-refractivity contribution in [3.8, 4) is 0 Å². The summed E-state index contributed by atoms with van der Waals surface area (Å²) >= 11 is 0. The fraction of sp³-hybridized carbons (Fsp3) is 0.667. The van der Waals surface area contributed by atoms with E-state index in [9.17, 15) is 20.1 Å². The largest absolute Gasteiger partial charge is 0.444 e. The van der Waals surface area contributed by atoms with Gasteiger partial charge in [0.15, 0.2) is 0 Å². The SMILES string of the molecule is CC(C)(C)OC(=O)N1[C@H]([C@H](OCc2ccccc2)[C@H](O)[C@@H](O)CO)COC1(C)C. The number of aliphatic hydroxyl groups is 3. The minimum atomic E-state index is -1.43. The van der Waals surface area contributed by atoms with Gasteiger partial charge in [0, 0.05) is 0 Å². The van der Waals surface area contributed by atoms with Gasteiger partial charge in [-0.3, -0.25) is 4.90 Å². The maximum absolute atomic E-state index is 12.9. The minimum Gasteiger partial charge on any atom is -0.444 e. The van der Waals surface area contributed by atoms with Crippen LogP contribution >= 0.6 is 0 Å². The second-order valence-corrected chi connectivity index (χ2v) is 8.68. The first kappa shape index (κ1) is 23.6. The van der Waals surface area contributed by atoms with Gasteiger partial charge < -0.3 is 29.5 Å². The summed E-state index contributed by atoms with van der Waals surface area (Å²) in [5.41, 5.74) is -0.847. The summed E-state index contributed by atoms with van der Waals surface area (Å²) < 4.78 is 17.3.